The Morgan fingerprint density at radius 1 is 1.00 bits per heavy atom. The fourth-order valence-corrected chi connectivity index (χ4v) is 2.33. The maximum Gasteiger partial charge on any atom is 0.272 e. The number of nitrogens with one attached hydrogen (secondary N) is 1. The summed E-state index contributed by atoms with van der Waals surface area (Å²) in [6.45, 7) is 7.50. The van der Waals surface area contributed by atoms with Crippen LogP contribution in [0.4, 0.5) is 0 Å². The summed E-state index contributed by atoms with van der Waals surface area (Å²) in [5.74, 6) is -0.446. The van der Waals surface area contributed by atoms with E-state index in [0.29, 0.717) is 25.3 Å². The molecular formula is C19H23N3O2. The lowest BCUT2D eigenvalue weighted by Crippen LogP contribution is -2.32. The fourth-order valence-electron chi connectivity index (χ4n) is 2.33. The third-order valence-corrected chi connectivity index (χ3v) is 3.83. The second kappa shape index (κ2) is 8.24. The Kier molecular flexibility index (Phi) is 6.07. The molecule has 1 aromatic heterocycles. The number of benzene rings is 1. The first-order valence-electron chi connectivity index (χ1n) is 8.15. The molecule has 5 heteroatoms. The summed E-state index contributed by atoms with van der Waals surface area (Å²) in [5.41, 5.74) is 2.74. The topological polar surface area (TPSA) is 62.3 Å². The molecule has 0 unspecified atom stereocenters. The van der Waals surface area contributed by atoms with E-state index >= 15 is 0 Å². The molecule has 0 bridgehead atoms. The van der Waals surface area contributed by atoms with E-state index in [0.717, 1.165) is 5.56 Å². The van der Waals surface area contributed by atoms with Crippen molar-refractivity contribution in [1.82, 2.24) is 15.2 Å². The van der Waals surface area contributed by atoms with E-state index in [9.17, 15) is 9.59 Å². The minimum atomic E-state index is -0.287. The summed E-state index contributed by atoms with van der Waals surface area (Å²) < 4.78 is 0. The molecule has 2 aromatic rings. The van der Waals surface area contributed by atoms with Gasteiger partial charge in [-0.3, -0.25) is 9.59 Å². The highest BCUT2D eigenvalue weighted by atomic mass is 16.2. The molecule has 0 fully saturated rings. The number of amides is 2. The van der Waals surface area contributed by atoms with Crippen molar-refractivity contribution in [2.45, 2.75) is 27.3 Å². The van der Waals surface area contributed by atoms with E-state index < -0.39 is 0 Å². The van der Waals surface area contributed by atoms with E-state index in [4.69, 9.17) is 0 Å². The molecular weight excluding hydrogens is 302 g/mol. The first-order valence-corrected chi connectivity index (χ1v) is 8.15. The summed E-state index contributed by atoms with van der Waals surface area (Å²) >= 11 is 0. The van der Waals surface area contributed by atoms with Gasteiger partial charge in [-0.1, -0.05) is 35.9 Å². The standard InChI is InChI=1S/C19H23N3O2/c1-4-22(5-2)19(24)17-8-6-7-16(21-17)18(23)20-13-15-11-9-14(3)10-12-15/h6-12H,4-5,13H2,1-3H3,(H,20,23). The van der Waals surface area contributed by atoms with Crippen LogP contribution in [0.3, 0.4) is 0 Å². The van der Waals surface area contributed by atoms with Gasteiger partial charge in [0.05, 0.1) is 0 Å². The lowest BCUT2D eigenvalue weighted by Gasteiger charge is -2.18. The number of hydrogen-bond acceptors (Lipinski definition) is 3. The molecule has 1 heterocycles. The first kappa shape index (κ1) is 17.7. The minimum Gasteiger partial charge on any atom is -0.347 e. The predicted molar refractivity (Wildman–Crippen MR) is 93.8 cm³/mol. The Morgan fingerprint density at radius 2 is 1.62 bits per heavy atom. The highest BCUT2D eigenvalue weighted by Crippen LogP contribution is 2.06. The van der Waals surface area contributed by atoms with Crippen molar-refractivity contribution in [2.24, 2.45) is 0 Å². The molecule has 2 amide bonds. The van der Waals surface area contributed by atoms with Gasteiger partial charge in [0, 0.05) is 19.6 Å². The van der Waals surface area contributed by atoms with E-state index in [1.54, 1.807) is 23.1 Å². The van der Waals surface area contributed by atoms with Crippen LogP contribution in [0, 0.1) is 6.92 Å². The maximum absolute atomic E-state index is 12.3. The summed E-state index contributed by atoms with van der Waals surface area (Å²) in [6.07, 6.45) is 0. The molecule has 126 valence electrons. The van der Waals surface area contributed by atoms with Crippen LogP contribution in [0.1, 0.15) is 46.0 Å². The minimum absolute atomic E-state index is 0.159. The van der Waals surface area contributed by atoms with Crippen LogP contribution < -0.4 is 5.32 Å². The summed E-state index contributed by atoms with van der Waals surface area (Å²) in [5, 5.41) is 2.83. The van der Waals surface area contributed by atoms with Gasteiger partial charge in [0.25, 0.3) is 11.8 Å². The zero-order valence-electron chi connectivity index (χ0n) is 14.4. The normalized spacial score (nSPS) is 10.3. The Labute approximate surface area is 142 Å². The Balaban J connectivity index is 2.05. The number of rotatable bonds is 6. The van der Waals surface area contributed by atoms with Gasteiger partial charge in [-0.15, -0.1) is 0 Å². The number of aromatic nitrogens is 1. The summed E-state index contributed by atoms with van der Waals surface area (Å²) in [6, 6.07) is 12.9. The van der Waals surface area contributed by atoms with Crippen LogP contribution in [0.2, 0.25) is 0 Å². The van der Waals surface area contributed by atoms with Gasteiger partial charge in [-0.25, -0.2) is 4.98 Å². The Hall–Kier alpha value is -2.69. The Morgan fingerprint density at radius 3 is 2.25 bits per heavy atom. The first-order chi connectivity index (χ1) is 11.5. The molecule has 0 saturated carbocycles. The van der Waals surface area contributed by atoms with Crippen molar-refractivity contribution in [2.75, 3.05) is 13.1 Å². The zero-order valence-corrected chi connectivity index (χ0v) is 14.4. The van der Waals surface area contributed by atoms with Crippen molar-refractivity contribution in [3.63, 3.8) is 0 Å². The monoisotopic (exact) mass is 325 g/mol. The molecule has 0 radical (unpaired) electrons. The van der Waals surface area contributed by atoms with E-state index in [1.807, 2.05) is 45.0 Å². The van der Waals surface area contributed by atoms with E-state index in [1.165, 1.54) is 5.56 Å². The van der Waals surface area contributed by atoms with Gasteiger partial charge in [-0.2, -0.15) is 0 Å². The van der Waals surface area contributed by atoms with Crippen LogP contribution in [0.15, 0.2) is 42.5 Å². The second-order valence-corrected chi connectivity index (χ2v) is 5.55. The quantitative estimate of drug-likeness (QED) is 0.888. The van der Waals surface area contributed by atoms with Crippen LogP contribution in [-0.2, 0) is 6.54 Å². The number of hydrogen-bond donors (Lipinski definition) is 1. The summed E-state index contributed by atoms with van der Waals surface area (Å²) in [4.78, 5) is 30.5. The molecule has 2 rings (SSSR count). The number of nitrogens with zero attached hydrogens (tertiary/aromatic N) is 2. The van der Waals surface area contributed by atoms with Gasteiger partial charge in [-0.05, 0) is 38.5 Å². The molecule has 5 nitrogen and oxygen atoms in total. The number of aryl methyl sites for hydroxylation is 1. The van der Waals surface area contributed by atoms with Crippen molar-refractivity contribution in [1.29, 1.82) is 0 Å². The molecule has 1 N–H and O–H groups in total. The van der Waals surface area contributed by atoms with Crippen molar-refractivity contribution >= 4 is 11.8 Å². The fraction of sp³-hybridized carbons (Fsp3) is 0.316. The SMILES string of the molecule is CCN(CC)C(=O)c1cccc(C(=O)NCc2ccc(C)cc2)n1. The van der Waals surface area contributed by atoms with Gasteiger partial charge in [0.2, 0.25) is 0 Å². The Bertz CT molecular complexity index is 707. The highest BCUT2D eigenvalue weighted by molar-refractivity contribution is 5.96. The number of pyridine rings is 1. The van der Waals surface area contributed by atoms with Gasteiger partial charge in [0.15, 0.2) is 0 Å². The molecule has 0 aliphatic heterocycles. The van der Waals surface area contributed by atoms with E-state index in [2.05, 4.69) is 10.3 Å². The van der Waals surface area contributed by atoms with Crippen molar-refractivity contribution in [3.05, 3.63) is 65.0 Å². The third kappa shape index (κ3) is 4.41. The lowest BCUT2D eigenvalue weighted by molar-refractivity contribution is 0.0767. The summed E-state index contributed by atoms with van der Waals surface area (Å²) in [7, 11) is 0. The maximum atomic E-state index is 12.3. The molecule has 0 saturated heterocycles. The smallest absolute Gasteiger partial charge is 0.272 e. The molecule has 0 aliphatic rings. The van der Waals surface area contributed by atoms with Gasteiger partial charge < -0.3 is 10.2 Å². The molecule has 0 atom stereocenters. The molecule has 0 aliphatic carbocycles. The van der Waals surface area contributed by atoms with Crippen LogP contribution in [-0.4, -0.2) is 34.8 Å². The highest BCUT2D eigenvalue weighted by Gasteiger charge is 2.16. The average molecular weight is 325 g/mol. The average Bonchev–Trinajstić information content (AvgIpc) is 2.62. The second-order valence-electron chi connectivity index (χ2n) is 5.55. The predicted octanol–water partition coefficient (Wildman–Crippen LogP) is 2.80. The van der Waals surface area contributed by atoms with Gasteiger partial charge in [0.1, 0.15) is 11.4 Å². The molecule has 24 heavy (non-hydrogen) atoms. The molecule has 1 aromatic carbocycles. The third-order valence-electron chi connectivity index (χ3n) is 3.83. The number of carbonyl (C=O) groups excluding carboxylic acids is 2. The van der Waals surface area contributed by atoms with Crippen LogP contribution in [0.25, 0.3) is 0 Å². The molecule has 0 spiro atoms. The zero-order chi connectivity index (χ0) is 17.5. The van der Waals surface area contributed by atoms with Crippen molar-refractivity contribution < 1.29 is 9.59 Å². The van der Waals surface area contributed by atoms with E-state index in [-0.39, 0.29) is 17.5 Å². The number of carbonyl (C=O) groups is 2. The van der Waals surface area contributed by atoms with Crippen molar-refractivity contribution in [3.8, 4) is 0 Å². The van der Waals surface area contributed by atoms with Gasteiger partial charge >= 0.3 is 0 Å². The lowest BCUT2D eigenvalue weighted by atomic mass is 10.1. The van der Waals surface area contributed by atoms with Crippen LogP contribution >= 0.6 is 0 Å². The van der Waals surface area contributed by atoms with Crippen LogP contribution in [0.5, 0.6) is 0 Å². The largest absolute Gasteiger partial charge is 0.347 e.